The Kier molecular flexibility index (Phi) is 6.92. The van der Waals surface area contributed by atoms with Gasteiger partial charge < -0.3 is 26.7 Å². The Hall–Kier alpha value is -4.05. The molecule has 1 amide bonds. The van der Waals surface area contributed by atoms with E-state index in [1.807, 2.05) is 13.0 Å². The number of aryl methyl sites for hydroxylation is 1. The number of hydrogen-bond donors (Lipinski definition) is 5. The normalized spacial score (nSPS) is 11.5. The first kappa shape index (κ1) is 24.1. The molecule has 6 N–H and O–H groups in total. The number of aromatic amines is 1. The Morgan fingerprint density at radius 3 is 2.69 bits per heavy atom. The van der Waals surface area contributed by atoms with Crippen LogP contribution >= 0.6 is 0 Å². The Bertz CT molecular complexity index is 1350. The standard InChI is InChI=1S/C25H25F3N6O/c1-15-6-7-18(33-17-5-2-4-16(12-17)25(26,27)28)13-21(15)34-24(35)20-14-32-23-19(8-11-31-23)22(20)30-10-3-9-29/h2,4-8,11-14,33H,3,9-10,29H2,1H3,(H,34,35)(H2,30,31,32). The Morgan fingerprint density at radius 2 is 1.91 bits per heavy atom. The van der Waals surface area contributed by atoms with Crippen LogP contribution in [0, 0.1) is 6.92 Å². The van der Waals surface area contributed by atoms with E-state index >= 15 is 0 Å². The molecule has 35 heavy (non-hydrogen) atoms. The number of aromatic nitrogens is 2. The van der Waals surface area contributed by atoms with E-state index in [9.17, 15) is 18.0 Å². The lowest BCUT2D eigenvalue weighted by Gasteiger charge is -2.16. The zero-order chi connectivity index (χ0) is 25.0. The van der Waals surface area contributed by atoms with Gasteiger partial charge in [0, 0.05) is 41.4 Å². The van der Waals surface area contributed by atoms with Crippen LogP contribution in [0.15, 0.2) is 60.9 Å². The van der Waals surface area contributed by atoms with Gasteiger partial charge in [-0.3, -0.25) is 4.79 Å². The van der Waals surface area contributed by atoms with E-state index < -0.39 is 11.7 Å². The van der Waals surface area contributed by atoms with E-state index in [1.165, 1.54) is 12.3 Å². The third-order valence-corrected chi connectivity index (χ3v) is 5.48. The van der Waals surface area contributed by atoms with E-state index in [2.05, 4.69) is 25.9 Å². The third-order valence-electron chi connectivity index (χ3n) is 5.48. The van der Waals surface area contributed by atoms with Crippen LogP contribution < -0.4 is 21.7 Å². The molecule has 0 unspecified atom stereocenters. The summed E-state index contributed by atoms with van der Waals surface area (Å²) in [5.41, 5.74) is 8.66. The van der Waals surface area contributed by atoms with Gasteiger partial charge in [-0.1, -0.05) is 12.1 Å². The molecule has 0 aliphatic rings. The SMILES string of the molecule is Cc1ccc(Nc2cccc(C(F)(F)F)c2)cc1NC(=O)c1cnc2[nH]ccc2c1NCCCN. The number of H-pyrrole nitrogens is 1. The molecule has 0 saturated carbocycles. The van der Waals surface area contributed by atoms with Gasteiger partial charge >= 0.3 is 6.18 Å². The van der Waals surface area contributed by atoms with Crippen LogP contribution in [0.2, 0.25) is 0 Å². The number of carbonyl (C=O) groups excluding carboxylic acids is 1. The topological polar surface area (TPSA) is 108 Å². The fourth-order valence-corrected chi connectivity index (χ4v) is 3.65. The van der Waals surface area contributed by atoms with E-state index in [-0.39, 0.29) is 11.6 Å². The molecular formula is C25H25F3N6O. The molecule has 0 radical (unpaired) electrons. The van der Waals surface area contributed by atoms with Crippen LogP contribution in [0.3, 0.4) is 0 Å². The fourth-order valence-electron chi connectivity index (χ4n) is 3.65. The van der Waals surface area contributed by atoms with Crippen molar-refractivity contribution in [3.8, 4) is 0 Å². The largest absolute Gasteiger partial charge is 0.416 e. The zero-order valence-electron chi connectivity index (χ0n) is 19.0. The number of amides is 1. The number of nitrogens with two attached hydrogens (primary N) is 1. The fraction of sp³-hybridized carbons (Fsp3) is 0.200. The molecular weight excluding hydrogens is 457 g/mol. The minimum atomic E-state index is -4.44. The molecule has 0 fully saturated rings. The lowest BCUT2D eigenvalue weighted by atomic mass is 10.1. The Morgan fingerprint density at radius 1 is 1.11 bits per heavy atom. The summed E-state index contributed by atoms with van der Waals surface area (Å²) in [7, 11) is 0. The molecule has 0 saturated heterocycles. The lowest BCUT2D eigenvalue weighted by molar-refractivity contribution is -0.137. The Labute approximate surface area is 199 Å². The highest BCUT2D eigenvalue weighted by Gasteiger charge is 2.30. The summed E-state index contributed by atoms with van der Waals surface area (Å²) in [6.07, 6.45) is -0.453. The highest BCUT2D eigenvalue weighted by molar-refractivity contribution is 6.12. The van der Waals surface area contributed by atoms with Gasteiger partial charge in [-0.05, 0) is 61.9 Å². The van der Waals surface area contributed by atoms with Crippen LogP contribution in [0.1, 0.15) is 27.9 Å². The lowest BCUT2D eigenvalue weighted by Crippen LogP contribution is -2.17. The number of benzene rings is 2. The van der Waals surface area contributed by atoms with Crippen molar-refractivity contribution >= 4 is 39.7 Å². The number of alkyl halides is 3. The second-order valence-electron chi connectivity index (χ2n) is 8.04. The molecule has 0 atom stereocenters. The maximum absolute atomic E-state index is 13.2. The number of nitrogens with zero attached hydrogens (tertiary/aromatic N) is 1. The van der Waals surface area contributed by atoms with Gasteiger partial charge in [0.05, 0.1) is 16.8 Å². The molecule has 10 heteroatoms. The van der Waals surface area contributed by atoms with E-state index in [0.29, 0.717) is 41.4 Å². The van der Waals surface area contributed by atoms with E-state index in [0.717, 1.165) is 29.5 Å². The van der Waals surface area contributed by atoms with Crippen LogP contribution in [-0.2, 0) is 6.18 Å². The highest BCUT2D eigenvalue weighted by atomic mass is 19.4. The van der Waals surface area contributed by atoms with Crippen molar-refractivity contribution in [3.05, 3.63) is 77.6 Å². The average Bonchev–Trinajstić information content (AvgIpc) is 3.30. The molecule has 4 aromatic rings. The minimum absolute atomic E-state index is 0.287. The summed E-state index contributed by atoms with van der Waals surface area (Å²) < 4.78 is 39.1. The number of fused-ring (bicyclic) bond motifs is 1. The first-order valence-corrected chi connectivity index (χ1v) is 11.0. The van der Waals surface area contributed by atoms with E-state index in [1.54, 1.807) is 30.5 Å². The summed E-state index contributed by atoms with van der Waals surface area (Å²) in [5, 5.41) is 9.94. The molecule has 7 nitrogen and oxygen atoms in total. The van der Waals surface area contributed by atoms with Gasteiger partial charge in [-0.25, -0.2) is 4.98 Å². The monoisotopic (exact) mass is 482 g/mol. The molecule has 2 heterocycles. The van der Waals surface area contributed by atoms with Gasteiger partial charge in [0.1, 0.15) is 5.65 Å². The third kappa shape index (κ3) is 5.55. The predicted molar refractivity (Wildman–Crippen MR) is 132 cm³/mol. The summed E-state index contributed by atoms with van der Waals surface area (Å²) in [6, 6.07) is 12.0. The second kappa shape index (κ2) is 10.1. The van der Waals surface area contributed by atoms with Crippen molar-refractivity contribution in [1.29, 1.82) is 0 Å². The number of carbonyl (C=O) groups is 1. The number of rotatable bonds is 8. The highest BCUT2D eigenvalue weighted by Crippen LogP contribution is 2.32. The summed E-state index contributed by atoms with van der Waals surface area (Å²) in [6.45, 7) is 2.94. The molecule has 0 spiro atoms. The van der Waals surface area contributed by atoms with Crippen molar-refractivity contribution < 1.29 is 18.0 Å². The molecule has 4 rings (SSSR count). The van der Waals surface area contributed by atoms with Gasteiger partial charge in [0.2, 0.25) is 0 Å². The van der Waals surface area contributed by atoms with Crippen molar-refractivity contribution in [1.82, 2.24) is 9.97 Å². The van der Waals surface area contributed by atoms with Gasteiger partial charge in [0.25, 0.3) is 5.91 Å². The number of hydrogen-bond acceptors (Lipinski definition) is 5. The maximum Gasteiger partial charge on any atom is 0.416 e. The number of pyridine rings is 1. The summed E-state index contributed by atoms with van der Waals surface area (Å²) in [5.74, 6) is -0.366. The second-order valence-corrected chi connectivity index (χ2v) is 8.04. The molecule has 2 aromatic carbocycles. The Balaban J connectivity index is 1.58. The van der Waals surface area contributed by atoms with Crippen molar-refractivity contribution in [3.63, 3.8) is 0 Å². The molecule has 0 bridgehead atoms. The average molecular weight is 483 g/mol. The van der Waals surface area contributed by atoms with Gasteiger partial charge in [-0.2, -0.15) is 13.2 Å². The van der Waals surface area contributed by atoms with Crippen LogP contribution in [-0.4, -0.2) is 29.0 Å². The number of anilines is 4. The first-order valence-electron chi connectivity index (χ1n) is 11.0. The summed E-state index contributed by atoms with van der Waals surface area (Å²) >= 11 is 0. The van der Waals surface area contributed by atoms with Gasteiger partial charge in [0.15, 0.2) is 0 Å². The molecule has 2 aromatic heterocycles. The smallest absolute Gasteiger partial charge is 0.384 e. The molecule has 0 aliphatic heterocycles. The number of nitrogens with one attached hydrogen (secondary N) is 4. The van der Waals surface area contributed by atoms with Gasteiger partial charge in [-0.15, -0.1) is 0 Å². The predicted octanol–water partition coefficient (Wildman–Crippen LogP) is 5.65. The molecule has 182 valence electrons. The van der Waals surface area contributed by atoms with Crippen molar-refractivity contribution in [2.24, 2.45) is 5.73 Å². The first-order chi connectivity index (χ1) is 16.8. The minimum Gasteiger partial charge on any atom is -0.384 e. The number of halogens is 3. The zero-order valence-corrected chi connectivity index (χ0v) is 19.0. The van der Waals surface area contributed by atoms with Crippen molar-refractivity contribution in [2.75, 3.05) is 29.0 Å². The van der Waals surface area contributed by atoms with Crippen molar-refractivity contribution in [2.45, 2.75) is 19.5 Å². The van der Waals surface area contributed by atoms with Crippen LogP contribution in [0.25, 0.3) is 11.0 Å². The summed E-state index contributed by atoms with van der Waals surface area (Å²) in [4.78, 5) is 20.6. The molecule has 0 aliphatic carbocycles. The van der Waals surface area contributed by atoms with E-state index in [4.69, 9.17) is 5.73 Å². The maximum atomic E-state index is 13.2. The quantitative estimate of drug-likeness (QED) is 0.209. The van der Waals surface area contributed by atoms with Crippen LogP contribution in [0.4, 0.5) is 35.9 Å². The van der Waals surface area contributed by atoms with Crippen LogP contribution in [0.5, 0.6) is 0 Å².